The second-order valence-electron chi connectivity index (χ2n) is 7.07. The van der Waals surface area contributed by atoms with Crippen LogP contribution in [0.2, 0.25) is 0 Å². The van der Waals surface area contributed by atoms with Crippen molar-refractivity contribution in [2.24, 2.45) is 0 Å². The van der Waals surface area contributed by atoms with Crippen LogP contribution in [0.5, 0.6) is 11.5 Å². The Hall–Kier alpha value is -3.68. The monoisotopic (exact) mass is 419 g/mol. The molecule has 1 aliphatic rings. The summed E-state index contributed by atoms with van der Waals surface area (Å²) in [5, 5.41) is 8.69. The van der Waals surface area contributed by atoms with Crippen LogP contribution in [0.1, 0.15) is 6.92 Å². The number of rotatable bonds is 7. The van der Waals surface area contributed by atoms with Gasteiger partial charge in [-0.2, -0.15) is 0 Å². The second-order valence-corrected chi connectivity index (χ2v) is 7.07. The lowest BCUT2D eigenvalue weighted by Crippen LogP contribution is -2.50. The number of anilines is 1. The fourth-order valence-electron chi connectivity index (χ4n) is 3.39. The highest BCUT2D eigenvalue weighted by Crippen LogP contribution is 2.20. The van der Waals surface area contributed by atoms with Gasteiger partial charge in [0.15, 0.2) is 12.4 Å². The number of piperazine rings is 1. The minimum atomic E-state index is -0.0207. The Labute approximate surface area is 181 Å². The summed E-state index contributed by atoms with van der Waals surface area (Å²) < 4.78 is 11.0. The van der Waals surface area contributed by atoms with E-state index in [4.69, 9.17) is 9.47 Å². The molecular weight excluding hydrogens is 394 g/mol. The molecule has 8 heteroatoms. The molecule has 0 atom stereocenters. The molecule has 3 aromatic rings. The molecule has 1 saturated heterocycles. The molecule has 160 valence electrons. The molecule has 2 aromatic heterocycles. The molecule has 31 heavy (non-hydrogen) atoms. The van der Waals surface area contributed by atoms with Gasteiger partial charge in [-0.15, -0.1) is 10.2 Å². The predicted molar refractivity (Wildman–Crippen MR) is 117 cm³/mol. The summed E-state index contributed by atoms with van der Waals surface area (Å²) in [5.74, 6) is 2.23. The Morgan fingerprint density at radius 3 is 2.16 bits per heavy atom. The number of hydrogen-bond donors (Lipinski definition) is 0. The van der Waals surface area contributed by atoms with Gasteiger partial charge in [-0.25, -0.2) is 0 Å². The lowest BCUT2D eigenvalue weighted by Gasteiger charge is -2.35. The number of nitrogens with zero attached hydrogens (tertiary/aromatic N) is 5. The number of benzene rings is 1. The SMILES string of the molecule is CCOc1ccc(OCC(=O)N2CCN(c3ccc(-c4ccncc4)nn3)CC2)cc1. The molecule has 0 bridgehead atoms. The van der Waals surface area contributed by atoms with Gasteiger partial charge >= 0.3 is 0 Å². The Morgan fingerprint density at radius 1 is 0.871 bits per heavy atom. The van der Waals surface area contributed by atoms with E-state index in [1.807, 2.05) is 60.4 Å². The first-order chi connectivity index (χ1) is 15.2. The summed E-state index contributed by atoms with van der Waals surface area (Å²) in [6.07, 6.45) is 3.47. The summed E-state index contributed by atoms with van der Waals surface area (Å²) in [6, 6.07) is 15.0. The van der Waals surface area contributed by atoms with Crippen LogP contribution in [0, 0.1) is 0 Å². The van der Waals surface area contributed by atoms with Crippen molar-refractivity contribution in [1.82, 2.24) is 20.1 Å². The fraction of sp³-hybridized carbons (Fsp3) is 0.304. The summed E-state index contributed by atoms with van der Waals surface area (Å²) in [6.45, 7) is 5.24. The molecular formula is C23H25N5O3. The minimum absolute atomic E-state index is 0.0207. The van der Waals surface area contributed by atoms with Crippen LogP contribution in [-0.2, 0) is 4.79 Å². The van der Waals surface area contributed by atoms with E-state index < -0.39 is 0 Å². The van der Waals surface area contributed by atoms with Crippen LogP contribution in [0.25, 0.3) is 11.3 Å². The number of pyridine rings is 1. The summed E-state index contributed by atoms with van der Waals surface area (Å²) >= 11 is 0. The van der Waals surface area contributed by atoms with Gasteiger partial charge in [0.2, 0.25) is 0 Å². The Bertz CT molecular complexity index is 972. The predicted octanol–water partition coefficient (Wildman–Crippen LogP) is 2.66. The van der Waals surface area contributed by atoms with Crippen molar-refractivity contribution in [1.29, 1.82) is 0 Å². The number of aromatic nitrogens is 3. The zero-order valence-electron chi connectivity index (χ0n) is 17.5. The molecule has 0 N–H and O–H groups in total. The highest BCUT2D eigenvalue weighted by Gasteiger charge is 2.22. The third-order valence-electron chi connectivity index (χ3n) is 5.08. The quantitative estimate of drug-likeness (QED) is 0.582. The van der Waals surface area contributed by atoms with Gasteiger partial charge in [-0.1, -0.05) is 0 Å². The smallest absolute Gasteiger partial charge is 0.260 e. The number of hydrogen-bond acceptors (Lipinski definition) is 7. The standard InChI is InChI=1S/C23H25N5O3/c1-2-30-19-3-5-20(6-4-19)31-17-23(29)28-15-13-27(14-16-28)22-8-7-21(25-26-22)18-9-11-24-12-10-18/h3-12H,2,13-17H2,1H3. The molecule has 1 amide bonds. The summed E-state index contributed by atoms with van der Waals surface area (Å²) in [4.78, 5) is 20.5. The van der Waals surface area contributed by atoms with E-state index in [1.54, 1.807) is 12.4 Å². The van der Waals surface area contributed by atoms with Crippen LogP contribution in [0.15, 0.2) is 60.9 Å². The summed E-state index contributed by atoms with van der Waals surface area (Å²) in [7, 11) is 0. The van der Waals surface area contributed by atoms with Gasteiger partial charge in [-0.05, 0) is 55.5 Å². The first-order valence-corrected chi connectivity index (χ1v) is 10.4. The van der Waals surface area contributed by atoms with Gasteiger partial charge in [-0.3, -0.25) is 9.78 Å². The van der Waals surface area contributed by atoms with Crippen molar-refractivity contribution in [3.05, 3.63) is 60.9 Å². The van der Waals surface area contributed by atoms with E-state index in [0.29, 0.717) is 38.5 Å². The molecule has 1 aromatic carbocycles. The summed E-state index contributed by atoms with van der Waals surface area (Å²) in [5.41, 5.74) is 1.79. The van der Waals surface area contributed by atoms with Crippen molar-refractivity contribution >= 4 is 11.7 Å². The largest absolute Gasteiger partial charge is 0.494 e. The van der Waals surface area contributed by atoms with Crippen LogP contribution in [0.4, 0.5) is 5.82 Å². The third kappa shape index (κ3) is 5.28. The van der Waals surface area contributed by atoms with Gasteiger partial charge in [0.05, 0.1) is 12.3 Å². The molecule has 0 aliphatic carbocycles. The maximum Gasteiger partial charge on any atom is 0.260 e. The average molecular weight is 419 g/mol. The van der Waals surface area contributed by atoms with Crippen molar-refractivity contribution in [3.8, 4) is 22.8 Å². The number of amides is 1. The second kappa shape index (κ2) is 9.88. The lowest BCUT2D eigenvalue weighted by atomic mass is 10.2. The first-order valence-electron chi connectivity index (χ1n) is 10.4. The maximum atomic E-state index is 12.5. The van der Waals surface area contributed by atoms with Crippen LogP contribution >= 0.6 is 0 Å². The van der Waals surface area contributed by atoms with E-state index in [0.717, 1.165) is 22.8 Å². The van der Waals surface area contributed by atoms with Crippen molar-refractivity contribution in [2.75, 3.05) is 44.3 Å². The van der Waals surface area contributed by atoms with E-state index in [1.165, 1.54) is 0 Å². The molecule has 0 saturated carbocycles. The molecule has 0 unspecified atom stereocenters. The topological polar surface area (TPSA) is 80.7 Å². The third-order valence-corrected chi connectivity index (χ3v) is 5.08. The molecule has 4 rings (SSSR count). The van der Waals surface area contributed by atoms with Crippen molar-refractivity contribution in [3.63, 3.8) is 0 Å². The van der Waals surface area contributed by atoms with Gasteiger partial charge in [0.25, 0.3) is 5.91 Å². The Morgan fingerprint density at radius 2 is 1.55 bits per heavy atom. The van der Waals surface area contributed by atoms with E-state index in [-0.39, 0.29) is 12.5 Å². The fourth-order valence-corrected chi connectivity index (χ4v) is 3.39. The number of carbonyl (C=O) groups is 1. The van der Waals surface area contributed by atoms with Crippen molar-refractivity contribution in [2.45, 2.75) is 6.92 Å². The zero-order chi connectivity index (χ0) is 21.5. The van der Waals surface area contributed by atoms with Gasteiger partial charge in [0, 0.05) is 44.1 Å². The molecule has 0 radical (unpaired) electrons. The minimum Gasteiger partial charge on any atom is -0.494 e. The maximum absolute atomic E-state index is 12.5. The zero-order valence-corrected chi connectivity index (χ0v) is 17.5. The van der Waals surface area contributed by atoms with Crippen LogP contribution in [-0.4, -0.2) is 65.4 Å². The van der Waals surface area contributed by atoms with Crippen molar-refractivity contribution < 1.29 is 14.3 Å². The van der Waals surface area contributed by atoms with Gasteiger partial charge < -0.3 is 19.3 Å². The molecule has 8 nitrogen and oxygen atoms in total. The van der Waals surface area contributed by atoms with E-state index >= 15 is 0 Å². The van der Waals surface area contributed by atoms with E-state index in [2.05, 4.69) is 20.1 Å². The van der Waals surface area contributed by atoms with Crippen LogP contribution < -0.4 is 14.4 Å². The highest BCUT2D eigenvalue weighted by atomic mass is 16.5. The first kappa shape index (κ1) is 20.6. The Balaban J connectivity index is 1.25. The average Bonchev–Trinajstić information content (AvgIpc) is 2.84. The lowest BCUT2D eigenvalue weighted by molar-refractivity contribution is -0.133. The molecule has 1 fully saturated rings. The van der Waals surface area contributed by atoms with Crippen LogP contribution in [0.3, 0.4) is 0 Å². The molecule has 3 heterocycles. The van der Waals surface area contributed by atoms with E-state index in [9.17, 15) is 4.79 Å². The number of carbonyl (C=O) groups excluding carboxylic acids is 1. The molecule has 0 spiro atoms. The normalized spacial score (nSPS) is 13.7. The van der Waals surface area contributed by atoms with Gasteiger partial charge in [0.1, 0.15) is 11.5 Å². The number of ether oxygens (including phenoxy) is 2. The Kier molecular flexibility index (Phi) is 6.56. The highest BCUT2D eigenvalue weighted by molar-refractivity contribution is 5.78. The molecule has 1 aliphatic heterocycles.